The summed E-state index contributed by atoms with van der Waals surface area (Å²) in [7, 11) is 1.61. The summed E-state index contributed by atoms with van der Waals surface area (Å²) in [5.74, 6) is 2.17. The molecule has 0 saturated carbocycles. The van der Waals surface area contributed by atoms with Crippen LogP contribution in [0.5, 0.6) is 17.2 Å². The van der Waals surface area contributed by atoms with Crippen LogP contribution in [0.3, 0.4) is 0 Å². The van der Waals surface area contributed by atoms with Crippen molar-refractivity contribution in [3.63, 3.8) is 0 Å². The van der Waals surface area contributed by atoms with Crippen molar-refractivity contribution in [1.82, 2.24) is 4.90 Å². The molecule has 8 heteroatoms. The van der Waals surface area contributed by atoms with Gasteiger partial charge in [0.05, 0.1) is 18.9 Å². The lowest BCUT2D eigenvalue weighted by Gasteiger charge is -2.29. The monoisotopic (exact) mass is 434 g/mol. The van der Waals surface area contributed by atoms with Gasteiger partial charge in [0.15, 0.2) is 16.6 Å². The van der Waals surface area contributed by atoms with Gasteiger partial charge in [-0.2, -0.15) is 0 Å². The van der Waals surface area contributed by atoms with Crippen LogP contribution >= 0.6 is 23.8 Å². The molecule has 1 fully saturated rings. The third kappa shape index (κ3) is 4.86. The number of methoxy groups -OCH3 is 1. The molecule has 2 heterocycles. The lowest BCUT2D eigenvalue weighted by Crippen LogP contribution is -2.39. The van der Waals surface area contributed by atoms with E-state index >= 15 is 0 Å². The SMILES string of the molecule is COc1cc(Cl)ccc1NC(=S)N(Cc1ccc2c(c1)OCO2)C[C@@H]1CCCO1. The topological polar surface area (TPSA) is 52.2 Å². The van der Waals surface area contributed by atoms with E-state index in [1.165, 1.54) is 0 Å². The van der Waals surface area contributed by atoms with Crippen LogP contribution in [-0.4, -0.2) is 43.2 Å². The van der Waals surface area contributed by atoms with Crippen molar-refractivity contribution in [2.45, 2.75) is 25.5 Å². The molecule has 2 aromatic carbocycles. The van der Waals surface area contributed by atoms with Crippen molar-refractivity contribution in [3.05, 3.63) is 47.0 Å². The molecule has 0 aromatic heterocycles. The first-order valence-corrected chi connectivity index (χ1v) is 10.3. The van der Waals surface area contributed by atoms with E-state index in [9.17, 15) is 0 Å². The molecule has 0 radical (unpaired) electrons. The standard InChI is InChI=1S/C21H23ClN2O4S/c1-25-19-10-15(22)5-6-17(19)23-21(29)24(12-16-3-2-8-26-16)11-14-4-7-18-20(9-14)28-13-27-18/h4-7,9-10,16H,2-3,8,11-13H2,1H3,(H,23,29)/t16-/m0/s1. The van der Waals surface area contributed by atoms with Crippen LogP contribution in [0.15, 0.2) is 36.4 Å². The number of nitrogens with zero attached hydrogens (tertiary/aromatic N) is 1. The van der Waals surface area contributed by atoms with E-state index in [2.05, 4.69) is 10.2 Å². The van der Waals surface area contributed by atoms with E-state index in [0.29, 0.717) is 29.0 Å². The molecule has 154 valence electrons. The zero-order valence-electron chi connectivity index (χ0n) is 16.2. The molecule has 29 heavy (non-hydrogen) atoms. The maximum absolute atomic E-state index is 6.07. The average molecular weight is 435 g/mol. The van der Waals surface area contributed by atoms with Crippen molar-refractivity contribution >= 4 is 34.6 Å². The van der Waals surface area contributed by atoms with E-state index in [-0.39, 0.29) is 12.9 Å². The maximum atomic E-state index is 6.07. The van der Waals surface area contributed by atoms with E-state index in [0.717, 1.165) is 42.2 Å². The van der Waals surface area contributed by atoms with Crippen LogP contribution in [0.2, 0.25) is 5.02 Å². The molecule has 4 rings (SSSR count). The Labute approximate surface area is 180 Å². The summed E-state index contributed by atoms with van der Waals surface area (Å²) in [5.41, 5.74) is 1.85. The first-order chi connectivity index (χ1) is 14.1. The molecule has 1 saturated heterocycles. The highest BCUT2D eigenvalue weighted by atomic mass is 35.5. The van der Waals surface area contributed by atoms with E-state index in [4.69, 9.17) is 42.8 Å². The highest BCUT2D eigenvalue weighted by molar-refractivity contribution is 7.80. The third-order valence-corrected chi connectivity index (χ3v) is 5.55. The second kappa shape index (κ2) is 9.07. The Kier molecular flexibility index (Phi) is 6.28. The smallest absolute Gasteiger partial charge is 0.231 e. The molecule has 0 amide bonds. The fourth-order valence-electron chi connectivity index (χ4n) is 3.48. The van der Waals surface area contributed by atoms with Gasteiger partial charge in [-0.25, -0.2) is 0 Å². The molecule has 2 aliphatic heterocycles. The fourth-order valence-corrected chi connectivity index (χ4v) is 3.89. The van der Waals surface area contributed by atoms with Crippen LogP contribution in [0.4, 0.5) is 5.69 Å². The Morgan fingerprint density at radius 1 is 1.24 bits per heavy atom. The predicted octanol–water partition coefficient (Wildman–Crippen LogP) is 4.46. The lowest BCUT2D eigenvalue weighted by molar-refractivity contribution is 0.0905. The molecular weight excluding hydrogens is 412 g/mol. The quantitative estimate of drug-likeness (QED) is 0.674. The largest absolute Gasteiger partial charge is 0.495 e. The summed E-state index contributed by atoms with van der Waals surface area (Å²) in [5, 5.41) is 4.50. The molecule has 1 atom stereocenters. The number of anilines is 1. The molecule has 0 spiro atoms. The van der Waals surface area contributed by atoms with Crippen molar-refractivity contribution in [3.8, 4) is 17.2 Å². The molecule has 0 aliphatic carbocycles. The summed E-state index contributed by atoms with van der Waals surface area (Å²) in [6.07, 6.45) is 2.27. The molecule has 0 bridgehead atoms. The molecule has 0 unspecified atom stereocenters. The van der Waals surface area contributed by atoms with Crippen molar-refractivity contribution < 1.29 is 18.9 Å². The molecular formula is C21H23ClN2O4S. The van der Waals surface area contributed by atoms with Gasteiger partial charge in [0.25, 0.3) is 0 Å². The van der Waals surface area contributed by atoms with Crippen LogP contribution in [0, 0.1) is 0 Å². The van der Waals surface area contributed by atoms with Gasteiger partial charge in [0.2, 0.25) is 6.79 Å². The first-order valence-electron chi connectivity index (χ1n) is 9.52. The zero-order chi connectivity index (χ0) is 20.2. The maximum Gasteiger partial charge on any atom is 0.231 e. The Morgan fingerprint density at radius 2 is 2.10 bits per heavy atom. The number of halogens is 1. The number of thiocarbonyl (C=S) groups is 1. The highest BCUT2D eigenvalue weighted by Crippen LogP contribution is 2.33. The van der Waals surface area contributed by atoms with Gasteiger partial charge >= 0.3 is 0 Å². The lowest BCUT2D eigenvalue weighted by atomic mass is 10.1. The summed E-state index contributed by atoms with van der Waals surface area (Å²) >= 11 is 11.8. The Morgan fingerprint density at radius 3 is 2.90 bits per heavy atom. The van der Waals surface area contributed by atoms with E-state index < -0.39 is 0 Å². The number of ether oxygens (including phenoxy) is 4. The average Bonchev–Trinajstić information content (AvgIpc) is 3.40. The van der Waals surface area contributed by atoms with Crippen LogP contribution in [0.1, 0.15) is 18.4 Å². The second-order valence-electron chi connectivity index (χ2n) is 6.98. The summed E-state index contributed by atoms with van der Waals surface area (Å²) in [6, 6.07) is 11.4. The molecule has 2 aliphatic rings. The number of hydrogen-bond donors (Lipinski definition) is 1. The molecule has 1 N–H and O–H groups in total. The van der Waals surface area contributed by atoms with Crippen LogP contribution in [-0.2, 0) is 11.3 Å². The Bertz CT molecular complexity index is 889. The minimum absolute atomic E-state index is 0.163. The summed E-state index contributed by atoms with van der Waals surface area (Å²) in [6.45, 7) is 2.39. The van der Waals surface area contributed by atoms with Gasteiger partial charge in [-0.05, 0) is 54.9 Å². The van der Waals surface area contributed by atoms with E-state index in [1.54, 1.807) is 19.2 Å². The Hall–Kier alpha value is -2.22. The van der Waals surface area contributed by atoms with Crippen molar-refractivity contribution in [2.24, 2.45) is 0 Å². The number of fused-ring (bicyclic) bond motifs is 1. The minimum atomic E-state index is 0.163. The number of rotatable bonds is 6. The van der Waals surface area contributed by atoms with Gasteiger partial charge in [-0.3, -0.25) is 0 Å². The first kappa shape index (κ1) is 20.1. The van der Waals surface area contributed by atoms with Gasteiger partial charge in [-0.1, -0.05) is 17.7 Å². The Balaban J connectivity index is 1.52. The fraction of sp³-hybridized carbons (Fsp3) is 0.381. The molecule has 6 nitrogen and oxygen atoms in total. The van der Waals surface area contributed by atoms with E-state index in [1.807, 2.05) is 24.3 Å². The van der Waals surface area contributed by atoms with Gasteiger partial charge in [-0.15, -0.1) is 0 Å². The predicted molar refractivity (Wildman–Crippen MR) is 116 cm³/mol. The van der Waals surface area contributed by atoms with Gasteiger partial charge < -0.3 is 29.2 Å². The van der Waals surface area contributed by atoms with Crippen molar-refractivity contribution in [1.29, 1.82) is 0 Å². The normalized spacial score (nSPS) is 17.2. The van der Waals surface area contributed by atoms with Gasteiger partial charge in [0, 0.05) is 30.8 Å². The summed E-state index contributed by atoms with van der Waals surface area (Å²) < 4.78 is 22.2. The van der Waals surface area contributed by atoms with Crippen LogP contribution in [0.25, 0.3) is 0 Å². The number of nitrogens with one attached hydrogen (secondary N) is 1. The third-order valence-electron chi connectivity index (χ3n) is 4.95. The number of benzene rings is 2. The minimum Gasteiger partial charge on any atom is -0.495 e. The van der Waals surface area contributed by atoms with Crippen LogP contribution < -0.4 is 19.5 Å². The highest BCUT2D eigenvalue weighted by Gasteiger charge is 2.23. The second-order valence-corrected chi connectivity index (χ2v) is 7.80. The summed E-state index contributed by atoms with van der Waals surface area (Å²) in [4.78, 5) is 2.11. The number of hydrogen-bond acceptors (Lipinski definition) is 5. The van der Waals surface area contributed by atoms with Crippen molar-refractivity contribution in [2.75, 3.05) is 32.4 Å². The molecule has 2 aromatic rings. The zero-order valence-corrected chi connectivity index (χ0v) is 17.7. The van der Waals surface area contributed by atoms with Gasteiger partial charge in [0.1, 0.15) is 5.75 Å².